The van der Waals surface area contributed by atoms with E-state index in [4.69, 9.17) is 9.47 Å². The fourth-order valence-electron chi connectivity index (χ4n) is 1.15. The van der Waals surface area contributed by atoms with Gasteiger partial charge in [-0.2, -0.15) is 12.6 Å². The third-order valence-corrected chi connectivity index (χ3v) is 2.73. The Bertz CT molecular complexity index is 137. The number of ether oxygens (including phenoxy) is 2. The first kappa shape index (κ1) is 9.36. The van der Waals surface area contributed by atoms with Crippen molar-refractivity contribution in [1.82, 2.24) is 0 Å². The molecule has 0 amide bonds. The van der Waals surface area contributed by atoms with Crippen molar-refractivity contribution in [2.45, 2.75) is 50.9 Å². The molecule has 1 heterocycles. The van der Waals surface area contributed by atoms with Crippen LogP contribution in [0.5, 0.6) is 0 Å². The van der Waals surface area contributed by atoms with Crippen molar-refractivity contribution in [1.29, 1.82) is 0 Å². The lowest BCUT2D eigenvalue weighted by Crippen LogP contribution is -2.35. The first-order valence-electron chi connectivity index (χ1n) is 3.99. The molecule has 3 heteroatoms. The Labute approximate surface area is 73.7 Å². The smallest absolute Gasteiger partial charge is 0.177 e. The zero-order valence-electron chi connectivity index (χ0n) is 7.50. The number of hydrogen-bond acceptors (Lipinski definition) is 3. The van der Waals surface area contributed by atoms with E-state index < -0.39 is 5.79 Å². The summed E-state index contributed by atoms with van der Waals surface area (Å²) in [4.78, 5) is 0. The predicted molar refractivity (Wildman–Crippen MR) is 47.9 cm³/mol. The average molecular weight is 176 g/mol. The Morgan fingerprint density at radius 3 is 1.82 bits per heavy atom. The summed E-state index contributed by atoms with van der Waals surface area (Å²) in [6.45, 7) is 7.96. The molecule has 3 atom stereocenters. The van der Waals surface area contributed by atoms with Gasteiger partial charge in [0.05, 0.1) is 17.5 Å². The summed E-state index contributed by atoms with van der Waals surface area (Å²) in [6.07, 6.45) is 0.351. The Morgan fingerprint density at radius 1 is 1.27 bits per heavy atom. The van der Waals surface area contributed by atoms with Crippen LogP contribution in [0.3, 0.4) is 0 Å². The second-order valence-electron chi connectivity index (χ2n) is 3.34. The highest BCUT2D eigenvalue weighted by Gasteiger charge is 2.42. The van der Waals surface area contributed by atoms with Gasteiger partial charge in [0.2, 0.25) is 0 Å². The summed E-state index contributed by atoms with van der Waals surface area (Å²) in [5, 5.41) is 0.106. The summed E-state index contributed by atoms with van der Waals surface area (Å²) in [6, 6.07) is 0. The molecule has 0 aliphatic carbocycles. The van der Waals surface area contributed by atoms with Gasteiger partial charge in [-0.05, 0) is 27.7 Å². The molecule has 0 bridgehead atoms. The zero-order chi connectivity index (χ0) is 8.65. The van der Waals surface area contributed by atoms with Crippen LogP contribution in [0.1, 0.15) is 27.7 Å². The van der Waals surface area contributed by atoms with Gasteiger partial charge in [0, 0.05) is 0 Å². The highest BCUT2D eigenvalue weighted by atomic mass is 32.1. The molecule has 11 heavy (non-hydrogen) atoms. The maximum Gasteiger partial charge on any atom is 0.177 e. The molecule has 1 aliphatic rings. The van der Waals surface area contributed by atoms with Gasteiger partial charge in [-0.3, -0.25) is 0 Å². The molecule has 1 saturated heterocycles. The summed E-state index contributed by atoms with van der Waals surface area (Å²) < 4.78 is 11.2. The van der Waals surface area contributed by atoms with E-state index in [1.165, 1.54) is 0 Å². The van der Waals surface area contributed by atoms with E-state index in [1.807, 2.05) is 27.7 Å². The zero-order valence-corrected chi connectivity index (χ0v) is 8.39. The second-order valence-corrected chi connectivity index (χ2v) is 4.11. The van der Waals surface area contributed by atoms with Crippen LogP contribution in [0.15, 0.2) is 0 Å². The molecule has 0 saturated carbocycles. The highest BCUT2D eigenvalue weighted by molar-refractivity contribution is 7.81. The molecule has 2 nitrogen and oxygen atoms in total. The minimum atomic E-state index is -0.498. The first-order valence-corrected chi connectivity index (χ1v) is 4.51. The molecule has 0 spiro atoms. The van der Waals surface area contributed by atoms with Crippen molar-refractivity contribution in [2.75, 3.05) is 0 Å². The van der Waals surface area contributed by atoms with E-state index in [2.05, 4.69) is 12.6 Å². The molecule has 1 rings (SSSR count). The molecule has 0 aromatic heterocycles. The Kier molecular flexibility index (Phi) is 2.52. The fourth-order valence-corrected chi connectivity index (χ4v) is 1.28. The second kappa shape index (κ2) is 2.96. The first-order chi connectivity index (χ1) is 4.96. The third-order valence-electron chi connectivity index (χ3n) is 2.26. The monoisotopic (exact) mass is 176 g/mol. The van der Waals surface area contributed by atoms with Crippen LogP contribution in [-0.2, 0) is 9.47 Å². The lowest BCUT2D eigenvalue weighted by molar-refractivity contribution is -0.155. The standard InChI is InChI=1S/C8H16O2S/c1-5-6(2)10-8(4,9-5)7(3)11/h5-7,11H,1-4H3. The van der Waals surface area contributed by atoms with Crippen LogP contribution in [0.4, 0.5) is 0 Å². The topological polar surface area (TPSA) is 18.5 Å². The van der Waals surface area contributed by atoms with Crippen molar-refractivity contribution < 1.29 is 9.47 Å². The molecular formula is C8H16O2S. The molecule has 66 valence electrons. The van der Waals surface area contributed by atoms with E-state index in [0.717, 1.165) is 0 Å². The van der Waals surface area contributed by atoms with Crippen LogP contribution in [0.2, 0.25) is 0 Å². The van der Waals surface area contributed by atoms with Crippen molar-refractivity contribution in [3.63, 3.8) is 0 Å². The molecule has 0 N–H and O–H groups in total. The van der Waals surface area contributed by atoms with E-state index >= 15 is 0 Å². The molecule has 0 aromatic carbocycles. The van der Waals surface area contributed by atoms with Gasteiger partial charge in [-0.15, -0.1) is 0 Å². The quantitative estimate of drug-likeness (QED) is 0.615. The largest absolute Gasteiger partial charge is 0.343 e. The van der Waals surface area contributed by atoms with E-state index in [-0.39, 0.29) is 17.5 Å². The fraction of sp³-hybridized carbons (Fsp3) is 1.00. The van der Waals surface area contributed by atoms with Crippen LogP contribution >= 0.6 is 12.6 Å². The van der Waals surface area contributed by atoms with Gasteiger partial charge in [0.15, 0.2) is 5.79 Å². The molecular weight excluding hydrogens is 160 g/mol. The lowest BCUT2D eigenvalue weighted by atomic mass is 10.2. The summed E-state index contributed by atoms with van der Waals surface area (Å²) in [7, 11) is 0. The maximum atomic E-state index is 5.62. The summed E-state index contributed by atoms with van der Waals surface area (Å²) in [5.41, 5.74) is 0. The third kappa shape index (κ3) is 1.71. The summed E-state index contributed by atoms with van der Waals surface area (Å²) >= 11 is 4.31. The number of rotatable bonds is 1. The number of hydrogen-bond donors (Lipinski definition) is 1. The van der Waals surface area contributed by atoms with Gasteiger partial charge in [-0.1, -0.05) is 0 Å². The van der Waals surface area contributed by atoms with Crippen LogP contribution in [0.25, 0.3) is 0 Å². The van der Waals surface area contributed by atoms with Gasteiger partial charge >= 0.3 is 0 Å². The lowest BCUT2D eigenvalue weighted by Gasteiger charge is -2.26. The van der Waals surface area contributed by atoms with Crippen molar-refractivity contribution in [3.8, 4) is 0 Å². The van der Waals surface area contributed by atoms with Gasteiger partial charge < -0.3 is 9.47 Å². The van der Waals surface area contributed by atoms with Crippen LogP contribution in [-0.4, -0.2) is 23.2 Å². The number of thiol groups is 1. The molecule has 1 aliphatic heterocycles. The van der Waals surface area contributed by atoms with Crippen molar-refractivity contribution in [2.24, 2.45) is 0 Å². The van der Waals surface area contributed by atoms with Crippen molar-refractivity contribution in [3.05, 3.63) is 0 Å². The van der Waals surface area contributed by atoms with Crippen molar-refractivity contribution >= 4 is 12.6 Å². The Balaban J connectivity index is 2.64. The van der Waals surface area contributed by atoms with E-state index in [9.17, 15) is 0 Å². The SMILES string of the molecule is CC1OC(C)(C(C)S)OC1C. The predicted octanol–water partition coefficient (Wildman–Crippen LogP) is 1.84. The normalized spacial score (nSPS) is 47.7. The molecule has 0 radical (unpaired) electrons. The molecule has 0 aromatic rings. The summed E-state index contributed by atoms with van der Waals surface area (Å²) in [5.74, 6) is -0.498. The minimum Gasteiger partial charge on any atom is -0.343 e. The van der Waals surface area contributed by atoms with Crippen LogP contribution in [0, 0.1) is 0 Å². The van der Waals surface area contributed by atoms with Gasteiger partial charge in [-0.25, -0.2) is 0 Å². The molecule has 1 fully saturated rings. The Hall–Kier alpha value is 0.270. The average Bonchev–Trinajstić information content (AvgIpc) is 2.09. The van der Waals surface area contributed by atoms with E-state index in [1.54, 1.807) is 0 Å². The maximum absolute atomic E-state index is 5.62. The van der Waals surface area contributed by atoms with Crippen LogP contribution < -0.4 is 0 Å². The van der Waals surface area contributed by atoms with Gasteiger partial charge in [0.1, 0.15) is 0 Å². The minimum absolute atomic E-state index is 0.106. The Morgan fingerprint density at radius 2 is 1.64 bits per heavy atom. The van der Waals surface area contributed by atoms with E-state index in [0.29, 0.717) is 0 Å². The van der Waals surface area contributed by atoms with Gasteiger partial charge in [0.25, 0.3) is 0 Å². The molecule has 3 unspecified atom stereocenters. The highest BCUT2D eigenvalue weighted by Crippen LogP contribution is 2.33.